The van der Waals surface area contributed by atoms with Crippen molar-refractivity contribution in [2.24, 2.45) is 0 Å². The fourth-order valence-electron chi connectivity index (χ4n) is 1.96. The average molecular weight is 303 g/mol. The highest BCUT2D eigenvalue weighted by Gasteiger charge is 2.28. The Balaban J connectivity index is 1.81. The molecule has 7 heteroatoms. The smallest absolute Gasteiger partial charge is 0.315 e. The second-order valence-corrected chi connectivity index (χ2v) is 7.15. The highest BCUT2D eigenvalue weighted by molar-refractivity contribution is 7.91. The van der Waals surface area contributed by atoms with Crippen molar-refractivity contribution in [3.05, 3.63) is 34.9 Å². The van der Waals surface area contributed by atoms with Crippen LogP contribution in [-0.4, -0.2) is 32.0 Å². The third-order valence-corrected chi connectivity index (χ3v) is 5.10. The second kappa shape index (κ2) is 5.79. The molecule has 0 bridgehead atoms. The van der Waals surface area contributed by atoms with Crippen LogP contribution in [0.15, 0.2) is 24.3 Å². The van der Waals surface area contributed by atoms with E-state index in [4.69, 9.17) is 11.6 Å². The molecule has 1 aromatic carbocycles. The number of carbonyl (C=O) groups is 1. The molecule has 1 fully saturated rings. The molecular formula is C12H15ClN2O3S. The van der Waals surface area contributed by atoms with Gasteiger partial charge in [0.1, 0.15) is 0 Å². The van der Waals surface area contributed by atoms with Crippen molar-refractivity contribution < 1.29 is 13.2 Å². The molecule has 1 aliphatic rings. The van der Waals surface area contributed by atoms with Gasteiger partial charge in [-0.2, -0.15) is 0 Å². The molecule has 2 N–H and O–H groups in total. The summed E-state index contributed by atoms with van der Waals surface area (Å²) in [5, 5.41) is 5.91. The van der Waals surface area contributed by atoms with Gasteiger partial charge in [0.2, 0.25) is 0 Å². The molecule has 104 valence electrons. The maximum Gasteiger partial charge on any atom is 0.315 e. The summed E-state index contributed by atoms with van der Waals surface area (Å²) < 4.78 is 22.5. The Kier molecular flexibility index (Phi) is 4.31. The minimum atomic E-state index is -2.98. The standard InChI is InChI=1S/C12H15ClN2O3S/c13-11-4-2-1-3-9(11)7-14-12(16)15-10-5-6-19(17,18)8-10/h1-4,10H,5-8H2,(H2,14,15,16). The van der Waals surface area contributed by atoms with E-state index in [0.717, 1.165) is 5.56 Å². The van der Waals surface area contributed by atoms with E-state index >= 15 is 0 Å². The molecular weight excluding hydrogens is 288 g/mol. The van der Waals surface area contributed by atoms with Gasteiger partial charge in [-0.15, -0.1) is 0 Å². The van der Waals surface area contributed by atoms with Gasteiger partial charge in [0.15, 0.2) is 9.84 Å². The van der Waals surface area contributed by atoms with E-state index in [1.54, 1.807) is 6.07 Å². The maximum atomic E-state index is 11.6. The van der Waals surface area contributed by atoms with Crippen molar-refractivity contribution in [3.8, 4) is 0 Å². The number of urea groups is 1. The quantitative estimate of drug-likeness (QED) is 0.884. The maximum absolute atomic E-state index is 11.6. The number of benzene rings is 1. The lowest BCUT2D eigenvalue weighted by Gasteiger charge is -2.12. The number of rotatable bonds is 3. The van der Waals surface area contributed by atoms with E-state index in [9.17, 15) is 13.2 Å². The summed E-state index contributed by atoms with van der Waals surface area (Å²) in [5.41, 5.74) is 0.818. The topological polar surface area (TPSA) is 75.3 Å². The molecule has 1 unspecified atom stereocenters. The third kappa shape index (κ3) is 4.11. The van der Waals surface area contributed by atoms with Crippen LogP contribution in [0.1, 0.15) is 12.0 Å². The highest BCUT2D eigenvalue weighted by atomic mass is 35.5. The summed E-state index contributed by atoms with van der Waals surface area (Å²) in [6.45, 7) is 0.310. The average Bonchev–Trinajstić information content (AvgIpc) is 2.67. The Bertz CT molecular complexity index is 574. The summed E-state index contributed by atoms with van der Waals surface area (Å²) in [5.74, 6) is 0.162. The van der Waals surface area contributed by atoms with Crippen LogP contribution in [0.5, 0.6) is 0 Å². The van der Waals surface area contributed by atoms with Gasteiger partial charge >= 0.3 is 6.03 Å². The van der Waals surface area contributed by atoms with Gasteiger partial charge in [-0.3, -0.25) is 0 Å². The molecule has 0 aromatic heterocycles. The summed E-state index contributed by atoms with van der Waals surface area (Å²) in [7, 11) is -2.98. The van der Waals surface area contributed by atoms with Crippen molar-refractivity contribution >= 4 is 27.5 Å². The van der Waals surface area contributed by atoms with Crippen molar-refractivity contribution in [3.63, 3.8) is 0 Å². The fourth-order valence-corrected chi connectivity index (χ4v) is 3.84. The fraction of sp³-hybridized carbons (Fsp3) is 0.417. The first-order valence-electron chi connectivity index (χ1n) is 5.94. The molecule has 1 aromatic rings. The highest BCUT2D eigenvalue weighted by Crippen LogP contribution is 2.14. The molecule has 1 aliphatic heterocycles. The molecule has 1 heterocycles. The van der Waals surface area contributed by atoms with Crippen molar-refractivity contribution in [1.29, 1.82) is 0 Å². The number of halogens is 1. The molecule has 2 amide bonds. The number of hydrogen-bond acceptors (Lipinski definition) is 3. The predicted molar refractivity (Wildman–Crippen MR) is 73.9 cm³/mol. The van der Waals surface area contributed by atoms with E-state index in [1.807, 2.05) is 18.2 Å². The summed E-state index contributed by atoms with van der Waals surface area (Å²) in [6, 6.07) is 6.56. The Morgan fingerprint density at radius 3 is 2.74 bits per heavy atom. The Morgan fingerprint density at radius 1 is 1.37 bits per heavy atom. The normalized spacial score (nSPS) is 21.0. The molecule has 0 spiro atoms. The zero-order valence-corrected chi connectivity index (χ0v) is 11.8. The second-order valence-electron chi connectivity index (χ2n) is 4.52. The summed E-state index contributed by atoms with van der Waals surface area (Å²) >= 11 is 5.96. The van der Waals surface area contributed by atoms with Crippen LogP contribution in [0, 0.1) is 0 Å². The van der Waals surface area contributed by atoms with Crippen LogP contribution in [0.2, 0.25) is 5.02 Å². The van der Waals surface area contributed by atoms with Gasteiger partial charge in [-0.05, 0) is 18.1 Å². The third-order valence-electron chi connectivity index (χ3n) is 2.96. The number of hydrogen-bond donors (Lipinski definition) is 2. The largest absolute Gasteiger partial charge is 0.334 e. The van der Waals surface area contributed by atoms with E-state index in [0.29, 0.717) is 18.0 Å². The zero-order valence-electron chi connectivity index (χ0n) is 10.2. The van der Waals surface area contributed by atoms with Gasteiger partial charge in [0, 0.05) is 17.6 Å². The lowest BCUT2D eigenvalue weighted by Crippen LogP contribution is -2.42. The monoisotopic (exact) mass is 302 g/mol. The summed E-state index contributed by atoms with van der Waals surface area (Å²) in [6.07, 6.45) is 0.474. The van der Waals surface area contributed by atoms with Gasteiger partial charge in [0.05, 0.1) is 11.5 Å². The van der Waals surface area contributed by atoms with Gasteiger partial charge in [0.25, 0.3) is 0 Å². The van der Waals surface area contributed by atoms with Crippen molar-refractivity contribution in [2.75, 3.05) is 11.5 Å². The molecule has 5 nitrogen and oxygen atoms in total. The molecule has 1 saturated heterocycles. The Labute approximate surface area is 117 Å². The van der Waals surface area contributed by atoms with Gasteiger partial charge in [-0.1, -0.05) is 29.8 Å². The van der Waals surface area contributed by atoms with E-state index in [1.165, 1.54) is 0 Å². The molecule has 2 rings (SSSR count). The first-order valence-corrected chi connectivity index (χ1v) is 8.14. The van der Waals surface area contributed by atoms with E-state index in [-0.39, 0.29) is 23.6 Å². The number of amides is 2. The van der Waals surface area contributed by atoms with Crippen LogP contribution in [-0.2, 0) is 16.4 Å². The number of sulfone groups is 1. The molecule has 1 atom stereocenters. The molecule has 0 radical (unpaired) electrons. The van der Waals surface area contributed by atoms with Crippen LogP contribution in [0.4, 0.5) is 4.79 Å². The first kappa shape index (κ1) is 14.1. The SMILES string of the molecule is O=C(NCc1ccccc1Cl)NC1CCS(=O)(=O)C1. The first-order chi connectivity index (χ1) is 8.96. The minimum absolute atomic E-state index is 0.0204. The van der Waals surface area contributed by atoms with E-state index in [2.05, 4.69) is 10.6 Å². The van der Waals surface area contributed by atoms with E-state index < -0.39 is 9.84 Å². The number of carbonyl (C=O) groups excluding carboxylic acids is 1. The van der Waals surface area contributed by atoms with Crippen LogP contribution in [0.3, 0.4) is 0 Å². The number of nitrogens with one attached hydrogen (secondary N) is 2. The van der Waals surface area contributed by atoms with Crippen molar-refractivity contribution in [1.82, 2.24) is 10.6 Å². The zero-order chi connectivity index (χ0) is 13.9. The van der Waals surface area contributed by atoms with Crippen LogP contribution in [0.25, 0.3) is 0 Å². The van der Waals surface area contributed by atoms with Gasteiger partial charge < -0.3 is 10.6 Å². The van der Waals surface area contributed by atoms with Crippen LogP contribution >= 0.6 is 11.6 Å². The summed E-state index contributed by atoms with van der Waals surface area (Å²) in [4.78, 5) is 11.6. The lowest BCUT2D eigenvalue weighted by atomic mass is 10.2. The van der Waals surface area contributed by atoms with Crippen LogP contribution < -0.4 is 10.6 Å². The Hall–Kier alpha value is -1.27. The lowest BCUT2D eigenvalue weighted by molar-refractivity contribution is 0.237. The molecule has 0 aliphatic carbocycles. The predicted octanol–water partition coefficient (Wildman–Crippen LogP) is 1.33. The molecule has 0 saturated carbocycles. The van der Waals surface area contributed by atoms with Gasteiger partial charge in [-0.25, -0.2) is 13.2 Å². The molecule has 19 heavy (non-hydrogen) atoms. The Morgan fingerprint density at radius 2 is 2.11 bits per heavy atom. The van der Waals surface area contributed by atoms with Crippen molar-refractivity contribution in [2.45, 2.75) is 19.0 Å². The minimum Gasteiger partial charge on any atom is -0.334 e.